The Bertz CT molecular complexity index is 1490. The van der Waals surface area contributed by atoms with Gasteiger partial charge in [0.2, 0.25) is 0 Å². The van der Waals surface area contributed by atoms with Gasteiger partial charge in [0, 0.05) is 19.3 Å². The molecule has 0 spiro atoms. The normalized spacial score (nSPS) is 12.5. The molecule has 81 heavy (non-hydrogen) atoms. The molecule has 0 radical (unpaired) electrons. The van der Waals surface area contributed by atoms with Gasteiger partial charge in [-0.25, -0.2) is 0 Å². The van der Waals surface area contributed by atoms with Gasteiger partial charge in [0.15, 0.2) is 6.10 Å². The van der Waals surface area contributed by atoms with E-state index in [0.717, 1.165) is 103 Å². The first-order valence-corrected chi connectivity index (χ1v) is 35.4. The van der Waals surface area contributed by atoms with Gasteiger partial charge in [0.25, 0.3) is 0 Å². The molecule has 0 saturated carbocycles. The predicted molar refractivity (Wildman–Crippen MR) is 353 cm³/mol. The maximum Gasteiger partial charge on any atom is 0.306 e. The number of carbonyl (C=O) groups excluding carboxylic acids is 3. The first-order valence-electron chi connectivity index (χ1n) is 35.4. The van der Waals surface area contributed by atoms with Crippen molar-refractivity contribution in [3.8, 4) is 0 Å². The summed E-state index contributed by atoms with van der Waals surface area (Å²) in [6.07, 6.45) is 91.0. The van der Waals surface area contributed by atoms with Crippen molar-refractivity contribution >= 4 is 17.9 Å². The second-order valence-corrected chi connectivity index (χ2v) is 23.8. The fourth-order valence-electron chi connectivity index (χ4n) is 10.5. The number of esters is 3. The Morgan fingerprint density at radius 3 is 0.753 bits per heavy atom. The Morgan fingerprint density at radius 1 is 0.259 bits per heavy atom. The predicted octanol–water partition coefficient (Wildman–Crippen LogP) is 24.4. The molecule has 0 rings (SSSR count). The van der Waals surface area contributed by atoms with E-state index in [-0.39, 0.29) is 31.1 Å². The summed E-state index contributed by atoms with van der Waals surface area (Å²) < 4.78 is 16.9. The van der Waals surface area contributed by atoms with Crippen LogP contribution in [-0.4, -0.2) is 37.2 Å². The molecule has 0 amide bonds. The monoisotopic (exact) mass is 1130 g/mol. The molecule has 0 N–H and O–H groups in total. The van der Waals surface area contributed by atoms with Crippen LogP contribution in [0.1, 0.15) is 367 Å². The van der Waals surface area contributed by atoms with Crippen molar-refractivity contribution in [2.45, 2.75) is 374 Å². The summed E-state index contributed by atoms with van der Waals surface area (Å²) in [6.45, 7) is 6.54. The molecule has 0 aliphatic rings. The van der Waals surface area contributed by atoms with E-state index in [1.165, 1.54) is 225 Å². The molecule has 0 aromatic heterocycles. The number of rotatable bonds is 65. The molecule has 0 heterocycles. The van der Waals surface area contributed by atoms with Gasteiger partial charge in [-0.15, -0.1) is 0 Å². The zero-order chi connectivity index (χ0) is 58.5. The first kappa shape index (κ1) is 77.9. The maximum absolute atomic E-state index is 12.9. The van der Waals surface area contributed by atoms with Crippen LogP contribution >= 0.6 is 0 Å². The Kier molecular flexibility index (Phi) is 66.6. The average molecular weight is 1130 g/mol. The molecule has 0 saturated heterocycles. The Labute approximate surface area is 503 Å². The van der Waals surface area contributed by atoms with Crippen molar-refractivity contribution < 1.29 is 28.6 Å². The van der Waals surface area contributed by atoms with Crippen LogP contribution in [-0.2, 0) is 28.6 Å². The van der Waals surface area contributed by atoms with Gasteiger partial charge in [-0.05, 0) is 70.6 Å². The van der Waals surface area contributed by atoms with E-state index < -0.39 is 6.10 Å². The zero-order valence-corrected chi connectivity index (χ0v) is 54.1. The van der Waals surface area contributed by atoms with Crippen molar-refractivity contribution in [1.82, 2.24) is 0 Å². The quantitative estimate of drug-likeness (QED) is 0.0261. The molecule has 470 valence electrons. The largest absolute Gasteiger partial charge is 0.462 e. The summed E-state index contributed by atoms with van der Waals surface area (Å²) in [5.41, 5.74) is 0. The third-order valence-electron chi connectivity index (χ3n) is 15.7. The van der Waals surface area contributed by atoms with Crippen LogP contribution in [0, 0.1) is 0 Å². The number of carbonyl (C=O) groups is 3. The molecule has 0 aliphatic heterocycles. The van der Waals surface area contributed by atoms with E-state index in [0.29, 0.717) is 19.3 Å². The van der Waals surface area contributed by atoms with Crippen LogP contribution in [0.3, 0.4) is 0 Å². The number of hydrogen-bond acceptors (Lipinski definition) is 6. The van der Waals surface area contributed by atoms with Crippen molar-refractivity contribution in [3.63, 3.8) is 0 Å². The lowest BCUT2D eigenvalue weighted by molar-refractivity contribution is -0.167. The van der Waals surface area contributed by atoms with Gasteiger partial charge in [0.05, 0.1) is 0 Å². The fraction of sp³-hybridized carbons (Fsp3) is 0.800. The molecule has 0 fully saturated rings. The minimum Gasteiger partial charge on any atom is -0.462 e. The molecule has 0 bridgehead atoms. The Morgan fingerprint density at radius 2 is 0.481 bits per heavy atom. The molecule has 6 nitrogen and oxygen atoms in total. The smallest absolute Gasteiger partial charge is 0.306 e. The molecule has 0 aromatic rings. The van der Waals surface area contributed by atoms with Crippen molar-refractivity contribution in [2.75, 3.05) is 13.2 Å². The highest BCUT2D eigenvalue weighted by molar-refractivity contribution is 5.71. The minimum atomic E-state index is -0.777. The summed E-state index contributed by atoms with van der Waals surface area (Å²) in [4.78, 5) is 38.2. The average Bonchev–Trinajstić information content (AvgIpc) is 3.47. The van der Waals surface area contributed by atoms with Crippen LogP contribution in [0.2, 0.25) is 0 Å². The summed E-state index contributed by atoms with van der Waals surface area (Å²) >= 11 is 0. The molecular weight excluding hydrogens is 997 g/mol. The highest BCUT2D eigenvalue weighted by Gasteiger charge is 2.19. The summed E-state index contributed by atoms with van der Waals surface area (Å²) in [5.74, 6) is -0.868. The van der Waals surface area contributed by atoms with Crippen molar-refractivity contribution in [1.29, 1.82) is 0 Å². The topological polar surface area (TPSA) is 78.9 Å². The number of allylic oxidation sites excluding steroid dienone is 12. The van der Waals surface area contributed by atoms with Gasteiger partial charge >= 0.3 is 17.9 Å². The van der Waals surface area contributed by atoms with E-state index >= 15 is 0 Å². The Hall–Kier alpha value is -3.15. The van der Waals surface area contributed by atoms with Crippen LogP contribution < -0.4 is 0 Å². The van der Waals surface area contributed by atoms with E-state index in [1.807, 2.05) is 0 Å². The molecule has 0 aliphatic carbocycles. The van der Waals surface area contributed by atoms with Crippen LogP contribution in [0.25, 0.3) is 0 Å². The number of unbranched alkanes of at least 4 members (excludes halogenated alkanes) is 42. The highest BCUT2D eigenvalue weighted by Crippen LogP contribution is 2.18. The lowest BCUT2D eigenvalue weighted by Crippen LogP contribution is -2.30. The lowest BCUT2D eigenvalue weighted by atomic mass is 10.0. The maximum atomic E-state index is 12.9. The molecule has 0 aromatic carbocycles. The van der Waals surface area contributed by atoms with Gasteiger partial charge in [0.1, 0.15) is 13.2 Å². The van der Waals surface area contributed by atoms with E-state index in [2.05, 4.69) is 93.7 Å². The second-order valence-electron chi connectivity index (χ2n) is 23.8. The van der Waals surface area contributed by atoms with Crippen molar-refractivity contribution in [3.05, 3.63) is 72.9 Å². The summed E-state index contributed by atoms with van der Waals surface area (Å²) in [6, 6.07) is 0. The lowest BCUT2D eigenvalue weighted by Gasteiger charge is -2.18. The number of hydrogen-bond donors (Lipinski definition) is 0. The first-order chi connectivity index (χ1) is 40.0. The SMILES string of the molecule is CC/C=C\C/C=C\C/C=C\C/C=C\C/C=C\C/C=C\CCCCCCCCCCC(=O)OC(COC(=O)CCCCCCCCCC)COC(=O)CCCCCCCCCCCCCCCCCCCCCCCCCCCCCC. The van der Waals surface area contributed by atoms with Crippen LogP contribution in [0.15, 0.2) is 72.9 Å². The van der Waals surface area contributed by atoms with E-state index in [4.69, 9.17) is 14.2 Å². The van der Waals surface area contributed by atoms with Gasteiger partial charge < -0.3 is 14.2 Å². The third kappa shape index (κ3) is 67.5. The van der Waals surface area contributed by atoms with Gasteiger partial charge in [-0.2, -0.15) is 0 Å². The Balaban J connectivity index is 4.11. The minimum absolute atomic E-state index is 0.0742. The highest BCUT2D eigenvalue weighted by atomic mass is 16.6. The van der Waals surface area contributed by atoms with Crippen LogP contribution in [0.5, 0.6) is 0 Å². The summed E-state index contributed by atoms with van der Waals surface area (Å²) in [5, 5.41) is 0. The standard InChI is InChI=1S/C75H134O6/c1-4-7-10-13-16-19-21-23-25-27-29-31-33-35-37-39-40-42-44-46-48-50-52-54-56-59-62-65-68-74(77)80-71-72(70-79-73(76)67-64-61-58-18-15-12-9-6-3)81-75(78)69-66-63-60-57-55-53-51-49-47-45-43-41-38-36-34-32-30-28-26-24-22-20-17-14-11-8-5-2/h8,11,17,20,24,26,30,32,36,38,43,45,72H,4-7,9-10,12-16,18-19,21-23,25,27-29,31,33-35,37,39-42,44,46-71H2,1-3H3/b11-8-,20-17-,26-24-,32-30-,38-36-,45-43-. The molecular formula is C75H134O6. The third-order valence-corrected chi connectivity index (χ3v) is 15.7. The summed E-state index contributed by atoms with van der Waals surface area (Å²) in [7, 11) is 0. The molecule has 6 heteroatoms. The second kappa shape index (κ2) is 69.3. The zero-order valence-electron chi connectivity index (χ0n) is 54.1. The van der Waals surface area contributed by atoms with Crippen molar-refractivity contribution in [2.24, 2.45) is 0 Å². The fourth-order valence-corrected chi connectivity index (χ4v) is 10.5. The van der Waals surface area contributed by atoms with Gasteiger partial charge in [-0.3, -0.25) is 14.4 Å². The number of ether oxygens (including phenoxy) is 3. The van der Waals surface area contributed by atoms with E-state index in [9.17, 15) is 14.4 Å². The molecule has 1 atom stereocenters. The molecule has 1 unspecified atom stereocenters. The van der Waals surface area contributed by atoms with E-state index in [1.54, 1.807) is 0 Å². The van der Waals surface area contributed by atoms with Crippen LogP contribution in [0.4, 0.5) is 0 Å². The van der Waals surface area contributed by atoms with Gasteiger partial charge in [-0.1, -0.05) is 351 Å².